The minimum Gasteiger partial charge on any atom is -0.361 e. The molecule has 1 heterocycles. The fraction of sp³-hybridized carbons (Fsp3) is 0.273. The number of rotatable bonds is 9. The van der Waals surface area contributed by atoms with Gasteiger partial charge in [0.1, 0.15) is 11.5 Å². The normalized spacial score (nSPS) is 11.0. The molecule has 6 heteroatoms. The maximum Gasteiger partial charge on any atom is 0.225 e. The molecule has 0 radical (unpaired) electrons. The fourth-order valence-electron chi connectivity index (χ4n) is 2.86. The lowest BCUT2D eigenvalue weighted by Gasteiger charge is -2.15. The Hall–Kier alpha value is -2.63. The SMILES string of the molecule is CN(CCCc1cc(-c2ccccc2)no1)CCC(=O)Nc1ccc(Cl)cc1. The molecule has 0 unspecified atom stereocenters. The Bertz CT molecular complexity index is 878. The Balaban J connectivity index is 1.35. The number of benzene rings is 2. The van der Waals surface area contributed by atoms with Gasteiger partial charge in [-0.15, -0.1) is 0 Å². The molecule has 0 aliphatic carbocycles. The van der Waals surface area contributed by atoms with E-state index >= 15 is 0 Å². The van der Waals surface area contributed by atoms with Gasteiger partial charge in [0.15, 0.2) is 0 Å². The highest BCUT2D eigenvalue weighted by atomic mass is 35.5. The number of hydrogen-bond acceptors (Lipinski definition) is 4. The van der Waals surface area contributed by atoms with Crippen LogP contribution in [-0.4, -0.2) is 36.1 Å². The summed E-state index contributed by atoms with van der Waals surface area (Å²) in [6.45, 7) is 1.58. The van der Waals surface area contributed by atoms with E-state index in [0.29, 0.717) is 18.0 Å². The first kappa shape index (κ1) is 20.1. The minimum absolute atomic E-state index is 0.00286. The largest absolute Gasteiger partial charge is 0.361 e. The van der Waals surface area contributed by atoms with Gasteiger partial charge in [0, 0.05) is 41.7 Å². The first-order valence-electron chi connectivity index (χ1n) is 9.35. The van der Waals surface area contributed by atoms with E-state index in [2.05, 4.69) is 15.4 Å². The molecule has 0 spiro atoms. The first-order chi connectivity index (χ1) is 13.6. The van der Waals surface area contributed by atoms with Gasteiger partial charge in [0.2, 0.25) is 5.91 Å². The lowest BCUT2D eigenvalue weighted by atomic mass is 10.1. The van der Waals surface area contributed by atoms with Crippen molar-refractivity contribution in [1.82, 2.24) is 10.1 Å². The first-order valence-corrected chi connectivity index (χ1v) is 9.73. The average Bonchev–Trinajstić information content (AvgIpc) is 3.18. The molecule has 0 atom stereocenters. The van der Waals surface area contributed by atoms with Crippen molar-refractivity contribution in [3.8, 4) is 11.3 Å². The van der Waals surface area contributed by atoms with Crippen LogP contribution >= 0.6 is 11.6 Å². The molecule has 0 aliphatic heterocycles. The number of aryl methyl sites for hydroxylation is 1. The van der Waals surface area contributed by atoms with E-state index in [0.717, 1.165) is 42.1 Å². The van der Waals surface area contributed by atoms with Crippen LogP contribution in [0.15, 0.2) is 65.2 Å². The van der Waals surface area contributed by atoms with E-state index in [9.17, 15) is 4.79 Å². The Morgan fingerprint density at radius 2 is 1.86 bits per heavy atom. The number of halogens is 1. The Morgan fingerprint density at radius 1 is 1.11 bits per heavy atom. The van der Waals surface area contributed by atoms with Gasteiger partial charge in [-0.25, -0.2) is 0 Å². The number of carbonyl (C=O) groups excluding carboxylic acids is 1. The maximum absolute atomic E-state index is 12.0. The van der Waals surface area contributed by atoms with E-state index in [4.69, 9.17) is 16.1 Å². The second kappa shape index (κ2) is 10.1. The van der Waals surface area contributed by atoms with Gasteiger partial charge >= 0.3 is 0 Å². The standard InChI is InChI=1S/C22H24ClN3O2/c1-26(15-13-22(27)24-19-11-9-18(23)10-12-19)14-5-8-20-16-21(25-28-20)17-6-3-2-4-7-17/h2-4,6-7,9-12,16H,5,8,13-15H2,1H3,(H,24,27). The van der Waals surface area contributed by atoms with Gasteiger partial charge < -0.3 is 14.7 Å². The highest BCUT2D eigenvalue weighted by molar-refractivity contribution is 6.30. The van der Waals surface area contributed by atoms with Gasteiger partial charge in [0.05, 0.1) is 0 Å². The van der Waals surface area contributed by atoms with E-state index in [1.165, 1.54) is 0 Å². The summed E-state index contributed by atoms with van der Waals surface area (Å²) in [6, 6.07) is 19.1. The van der Waals surface area contributed by atoms with Crippen LogP contribution in [0, 0.1) is 0 Å². The molecule has 0 saturated carbocycles. The van der Waals surface area contributed by atoms with Crippen LogP contribution in [0.25, 0.3) is 11.3 Å². The zero-order valence-corrected chi connectivity index (χ0v) is 16.7. The monoisotopic (exact) mass is 397 g/mol. The predicted octanol–water partition coefficient (Wildman–Crippen LogP) is 4.89. The van der Waals surface area contributed by atoms with Crippen LogP contribution < -0.4 is 5.32 Å². The van der Waals surface area contributed by atoms with Crippen LogP contribution in [0.1, 0.15) is 18.6 Å². The molecule has 0 fully saturated rings. The average molecular weight is 398 g/mol. The summed E-state index contributed by atoms with van der Waals surface area (Å²) in [4.78, 5) is 14.2. The van der Waals surface area contributed by atoms with E-state index in [1.54, 1.807) is 24.3 Å². The second-order valence-corrected chi connectivity index (χ2v) is 7.19. The van der Waals surface area contributed by atoms with Crippen LogP contribution in [0.2, 0.25) is 5.02 Å². The Morgan fingerprint density at radius 3 is 2.61 bits per heavy atom. The van der Waals surface area contributed by atoms with Crippen molar-refractivity contribution in [3.05, 3.63) is 71.4 Å². The summed E-state index contributed by atoms with van der Waals surface area (Å²) in [5.41, 5.74) is 2.68. The molecular formula is C22H24ClN3O2. The molecular weight excluding hydrogens is 374 g/mol. The third-order valence-corrected chi connectivity index (χ3v) is 4.69. The van der Waals surface area contributed by atoms with Gasteiger partial charge in [-0.3, -0.25) is 4.79 Å². The summed E-state index contributed by atoms with van der Waals surface area (Å²) in [6.07, 6.45) is 2.21. The van der Waals surface area contributed by atoms with Gasteiger partial charge in [-0.05, 0) is 44.3 Å². The van der Waals surface area contributed by atoms with E-state index < -0.39 is 0 Å². The van der Waals surface area contributed by atoms with Crippen molar-refractivity contribution in [2.75, 3.05) is 25.5 Å². The number of anilines is 1. The molecule has 0 saturated heterocycles. The number of carbonyl (C=O) groups is 1. The second-order valence-electron chi connectivity index (χ2n) is 6.76. The highest BCUT2D eigenvalue weighted by Crippen LogP contribution is 2.19. The molecule has 2 aromatic carbocycles. The Labute approximate surface area is 170 Å². The zero-order chi connectivity index (χ0) is 19.8. The number of aromatic nitrogens is 1. The molecule has 146 valence electrons. The highest BCUT2D eigenvalue weighted by Gasteiger charge is 2.08. The van der Waals surface area contributed by atoms with Gasteiger partial charge in [-0.2, -0.15) is 0 Å². The molecule has 3 aromatic rings. The zero-order valence-electron chi connectivity index (χ0n) is 15.9. The summed E-state index contributed by atoms with van der Waals surface area (Å²) in [5.74, 6) is 0.879. The van der Waals surface area contributed by atoms with E-state index in [1.807, 2.05) is 43.4 Å². The topological polar surface area (TPSA) is 58.4 Å². The molecule has 1 amide bonds. The van der Waals surface area contributed by atoms with Gasteiger partial charge in [0.25, 0.3) is 0 Å². The van der Waals surface area contributed by atoms with E-state index in [-0.39, 0.29) is 5.91 Å². The summed E-state index contributed by atoms with van der Waals surface area (Å²) >= 11 is 5.85. The summed E-state index contributed by atoms with van der Waals surface area (Å²) < 4.78 is 5.43. The van der Waals surface area contributed by atoms with Crippen molar-refractivity contribution < 1.29 is 9.32 Å². The molecule has 0 bridgehead atoms. The van der Waals surface area contributed by atoms with Crippen molar-refractivity contribution in [2.24, 2.45) is 0 Å². The lowest BCUT2D eigenvalue weighted by Crippen LogP contribution is -2.25. The predicted molar refractivity (Wildman–Crippen MR) is 112 cm³/mol. The maximum atomic E-state index is 12.0. The van der Waals surface area contributed by atoms with Crippen LogP contribution in [-0.2, 0) is 11.2 Å². The molecule has 5 nitrogen and oxygen atoms in total. The third kappa shape index (κ3) is 6.22. The van der Waals surface area contributed by atoms with Crippen molar-refractivity contribution in [2.45, 2.75) is 19.3 Å². The van der Waals surface area contributed by atoms with Crippen molar-refractivity contribution in [1.29, 1.82) is 0 Å². The van der Waals surface area contributed by atoms with Crippen LogP contribution in [0.4, 0.5) is 5.69 Å². The van der Waals surface area contributed by atoms with Crippen LogP contribution in [0.3, 0.4) is 0 Å². The van der Waals surface area contributed by atoms with Crippen molar-refractivity contribution in [3.63, 3.8) is 0 Å². The quantitative estimate of drug-likeness (QED) is 0.558. The van der Waals surface area contributed by atoms with Crippen LogP contribution in [0.5, 0.6) is 0 Å². The summed E-state index contributed by atoms with van der Waals surface area (Å²) in [7, 11) is 2.02. The molecule has 28 heavy (non-hydrogen) atoms. The molecule has 1 N–H and O–H groups in total. The molecule has 3 rings (SSSR count). The smallest absolute Gasteiger partial charge is 0.225 e. The minimum atomic E-state index is -0.00286. The number of hydrogen-bond donors (Lipinski definition) is 1. The fourth-order valence-corrected chi connectivity index (χ4v) is 2.99. The number of amides is 1. The summed E-state index contributed by atoms with van der Waals surface area (Å²) in [5, 5.41) is 7.67. The third-order valence-electron chi connectivity index (χ3n) is 4.44. The Kier molecular flexibility index (Phi) is 7.23. The van der Waals surface area contributed by atoms with Gasteiger partial charge in [-0.1, -0.05) is 47.1 Å². The molecule has 0 aliphatic rings. The van der Waals surface area contributed by atoms with Crippen molar-refractivity contribution >= 4 is 23.2 Å². The lowest BCUT2D eigenvalue weighted by molar-refractivity contribution is -0.116. The number of nitrogens with one attached hydrogen (secondary N) is 1. The molecule has 1 aromatic heterocycles. The number of nitrogens with zero attached hydrogens (tertiary/aromatic N) is 2.